The number of carbonyl (C=O) groups excluding carboxylic acids is 3. The first-order valence-electron chi connectivity index (χ1n) is 12.1. The molecule has 7 heteroatoms. The molecule has 7 nitrogen and oxygen atoms in total. The number of hydrogen-bond acceptors (Lipinski definition) is 4. The van der Waals surface area contributed by atoms with E-state index in [1.165, 1.54) is 5.57 Å². The molecule has 3 N–H and O–H groups in total. The molecule has 2 rings (SSSR count). The Kier molecular flexibility index (Phi) is 11.5. The molecule has 3 atom stereocenters. The summed E-state index contributed by atoms with van der Waals surface area (Å²) in [6.07, 6.45) is 8.38. The quantitative estimate of drug-likeness (QED) is 0.209. The first-order chi connectivity index (χ1) is 16.3. The smallest absolute Gasteiger partial charge is 0.225 e. The minimum absolute atomic E-state index is 0.0670. The molecule has 0 fully saturated rings. The zero-order valence-corrected chi connectivity index (χ0v) is 20.9. The highest BCUT2D eigenvalue weighted by Crippen LogP contribution is 2.21. The van der Waals surface area contributed by atoms with Crippen molar-refractivity contribution in [3.05, 3.63) is 47.7 Å². The second kappa shape index (κ2) is 14.4. The van der Waals surface area contributed by atoms with Crippen molar-refractivity contribution in [2.45, 2.75) is 59.0 Å². The number of fused-ring (bicyclic) bond motifs is 1. The number of aromatic amines is 1. The van der Waals surface area contributed by atoms with Gasteiger partial charge in [-0.1, -0.05) is 36.8 Å². The van der Waals surface area contributed by atoms with Gasteiger partial charge in [0, 0.05) is 49.6 Å². The van der Waals surface area contributed by atoms with E-state index in [4.69, 9.17) is 4.74 Å². The van der Waals surface area contributed by atoms with Crippen molar-refractivity contribution in [3.8, 4) is 0 Å². The number of ether oxygens (including phenoxy) is 1. The average molecular weight is 470 g/mol. The third-order valence-corrected chi connectivity index (χ3v) is 6.14. The van der Waals surface area contributed by atoms with Crippen molar-refractivity contribution in [1.82, 2.24) is 15.6 Å². The molecule has 0 aliphatic heterocycles. The van der Waals surface area contributed by atoms with E-state index in [0.717, 1.165) is 35.6 Å². The Hall–Kier alpha value is -2.93. The molecular weight excluding hydrogens is 430 g/mol. The summed E-state index contributed by atoms with van der Waals surface area (Å²) < 4.78 is 5.27. The van der Waals surface area contributed by atoms with Crippen LogP contribution in [0.1, 0.15) is 52.0 Å². The van der Waals surface area contributed by atoms with Crippen molar-refractivity contribution in [2.75, 3.05) is 20.2 Å². The summed E-state index contributed by atoms with van der Waals surface area (Å²) in [6, 6.07) is 7.94. The molecule has 0 saturated carbocycles. The van der Waals surface area contributed by atoms with Gasteiger partial charge in [-0.25, -0.2) is 0 Å². The number of allylic oxidation sites excluding steroid dienone is 2. The number of nitrogens with one attached hydrogen (secondary N) is 3. The second-order valence-electron chi connectivity index (χ2n) is 9.03. The topological polar surface area (TPSA) is 100 Å². The van der Waals surface area contributed by atoms with Crippen LogP contribution in [0.4, 0.5) is 0 Å². The Morgan fingerprint density at radius 3 is 2.62 bits per heavy atom. The van der Waals surface area contributed by atoms with Crippen LogP contribution < -0.4 is 10.6 Å². The largest absolute Gasteiger partial charge is 0.382 e. The van der Waals surface area contributed by atoms with E-state index >= 15 is 0 Å². The normalized spacial score (nSPS) is 14.4. The lowest BCUT2D eigenvalue weighted by Crippen LogP contribution is -2.41. The maximum absolute atomic E-state index is 12.8. The zero-order chi connectivity index (χ0) is 24.9. The Morgan fingerprint density at radius 1 is 1.12 bits per heavy atom. The molecule has 0 aliphatic rings. The number of rotatable bonds is 15. The van der Waals surface area contributed by atoms with Crippen molar-refractivity contribution in [3.63, 3.8) is 0 Å². The maximum atomic E-state index is 12.8. The van der Waals surface area contributed by atoms with Crippen LogP contribution in [0.15, 0.2) is 42.1 Å². The molecule has 1 heterocycles. The van der Waals surface area contributed by atoms with Crippen LogP contribution in [0, 0.1) is 11.8 Å². The molecule has 2 amide bonds. The zero-order valence-electron chi connectivity index (χ0n) is 20.9. The van der Waals surface area contributed by atoms with Crippen LogP contribution in [-0.2, 0) is 25.5 Å². The van der Waals surface area contributed by atoms with Gasteiger partial charge in [-0.05, 0) is 51.2 Å². The predicted octanol–water partition coefficient (Wildman–Crippen LogP) is 3.94. The van der Waals surface area contributed by atoms with Gasteiger partial charge in [0.15, 0.2) is 0 Å². The first-order valence-corrected chi connectivity index (χ1v) is 12.1. The molecule has 0 bridgehead atoms. The molecule has 0 radical (unpaired) electrons. The molecule has 0 spiro atoms. The van der Waals surface area contributed by atoms with E-state index in [1.54, 1.807) is 7.11 Å². The van der Waals surface area contributed by atoms with Gasteiger partial charge in [0.2, 0.25) is 11.8 Å². The van der Waals surface area contributed by atoms with Gasteiger partial charge < -0.3 is 25.1 Å². The summed E-state index contributed by atoms with van der Waals surface area (Å²) in [6.45, 7) is 6.53. The van der Waals surface area contributed by atoms with Gasteiger partial charge >= 0.3 is 0 Å². The summed E-state index contributed by atoms with van der Waals surface area (Å²) in [4.78, 5) is 39.5. The summed E-state index contributed by atoms with van der Waals surface area (Å²) in [5, 5.41) is 6.86. The van der Waals surface area contributed by atoms with Crippen LogP contribution in [-0.4, -0.2) is 49.4 Å². The molecule has 0 saturated heterocycles. The standard InChI is InChI=1S/C27H39N3O4/c1-19(9-7-10-21(3)34-4)15-20(2)26(32)30-18-23(27(33)28-13-8-14-31)16-22-17-29-25-12-6-5-11-24(22)25/h5-6,9,11-12,14,17,20-21,23,29H,7-8,10,13,15-16,18H2,1-4H3,(H,28,33)(H,30,32)/b19-9+/t20?,21-,23?/m0/s1. The maximum Gasteiger partial charge on any atom is 0.225 e. The summed E-state index contributed by atoms with van der Waals surface area (Å²) in [7, 11) is 1.71. The van der Waals surface area contributed by atoms with Crippen LogP contribution >= 0.6 is 0 Å². The molecule has 186 valence electrons. The highest BCUT2D eigenvalue weighted by Gasteiger charge is 2.22. The fourth-order valence-electron chi connectivity index (χ4n) is 3.96. The van der Waals surface area contributed by atoms with E-state index in [1.807, 2.05) is 51.2 Å². The predicted molar refractivity (Wildman–Crippen MR) is 135 cm³/mol. The highest BCUT2D eigenvalue weighted by atomic mass is 16.5. The molecule has 0 aliphatic carbocycles. The lowest BCUT2D eigenvalue weighted by molar-refractivity contribution is -0.126. The van der Waals surface area contributed by atoms with Gasteiger partial charge in [0.25, 0.3) is 0 Å². The SMILES string of the molecule is CO[C@@H](C)CC/C=C(\C)CC(C)C(=O)NCC(Cc1c[nH]c2ccccc12)C(=O)NCCC=O. The summed E-state index contributed by atoms with van der Waals surface area (Å²) in [5.41, 5.74) is 3.21. The van der Waals surface area contributed by atoms with Crippen LogP contribution in [0.2, 0.25) is 0 Å². The van der Waals surface area contributed by atoms with E-state index in [9.17, 15) is 14.4 Å². The Labute approximate surface area is 202 Å². The Morgan fingerprint density at radius 2 is 1.88 bits per heavy atom. The van der Waals surface area contributed by atoms with Crippen molar-refractivity contribution < 1.29 is 19.1 Å². The van der Waals surface area contributed by atoms with Gasteiger partial charge in [-0.15, -0.1) is 0 Å². The second-order valence-corrected chi connectivity index (χ2v) is 9.03. The number of carbonyl (C=O) groups is 3. The van der Waals surface area contributed by atoms with E-state index in [-0.39, 0.29) is 36.8 Å². The Balaban J connectivity index is 1.97. The lowest BCUT2D eigenvalue weighted by atomic mass is 9.96. The fourth-order valence-corrected chi connectivity index (χ4v) is 3.96. The molecule has 2 aromatic rings. The minimum Gasteiger partial charge on any atom is -0.382 e. The Bertz CT molecular complexity index is 966. The van der Waals surface area contributed by atoms with Gasteiger partial charge in [-0.3, -0.25) is 9.59 Å². The van der Waals surface area contributed by atoms with Crippen LogP contribution in [0.3, 0.4) is 0 Å². The fraction of sp³-hybridized carbons (Fsp3) is 0.519. The van der Waals surface area contributed by atoms with Gasteiger partial charge in [0.05, 0.1) is 12.0 Å². The van der Waals surface area contributed by atoms with Gasteiger partial charge in [0.1, 0.15) is 6.29 Å². The van der Waals surface area contributed by atoms with Crippen LogP contribution in [0.25, 0.3) is 10.9 Å². The number of para-hydroxylation sites is 1. The number of aldehydes is 1. The number of hydrogen-bond donors (Lipinski definition) is 3. The summed E-state index contributed by atoms with van der Waals surface area (Å²) in [5.74, 6) is -0.858. The van der Waals surface area contributed by atoms with Crippen molar-refractivity contribution in [2.24, 2.45) is 11.8 Å². The van der Waals surface area contributed by atoms with Crippen molar-refractivity contribution in [1.29, 1.82) is 0 Å². The van der Waals surface area contributed by atoms with Crippen LogP contribution in [0.5, 0.6) is 0 Å². The van der Waals surface area contributed by atoms with E-state index in [2.05, 4.69) is 21.7 Å². The highest BCUT2D eigenvalue weighted by molar-refractivity contribution is 5.85. The number of aromatic nitrogens is 1. The minimum atomic E-state index is -0.436. The first kappa shape index (κ1) is 27.3. The monoisotopic (exact) mass is 469 g/mol. The third kappa shape index (κ3) is 8.78. The molecule has 1 aromatic heterocycles. The number of amides is 2. The van der Waals surface area contributed by atoms with Gasteiger partial charge in [-0.2, -0.15) is 0 Å². The number of benzene rings is 1. The molecule has 34 heavy (non-hydrogen) atoms. The number of methoxy groups -OCH3 is 1. The lowest BCUT2D eigenvalue weighted by Gasteiger charge is -2.19. The number of H-pyrrole nitrogens is 1. The van der Waals surface area contributed by atoms with E-state index in [0.29, 0.717) is 19.4 Å². The summed E-state index contributed by atoms with van der Waals surface area (Å²) >= 11 is 0. The average Bonchev–Trinajstić information content (AvgIpc) is 3.24. The molecule has 1 aromatic carbocycles. The molecule has 2 unspecified atom stereocenters. The molecular formula is C27H39N3O4. The van der Waals surface area contributed by atoms with Crippen molar-refractivity contribution >= 4 is 29.0 Å². The van der Waals surface area contributed by atoms with E-state index < -0.39 is 5.92 Å². The third-order valence-electron chi connectivity index (χ3n) is 6.14.